The standard InChI is InChI=1S/C10H12F3N3O/c11-10(12,13)8-2-1-3-9(14-8)15-16-4-6-17-7-5-16/h1-3H,4-7H2,(H,14,15). The van der Waals surface area contributed by atoms with Crippen molar-refractivity contribution in [3.05, 3.63) is 23.9 Å². The Kier molecular flexibility index (Phi) is 3.49. The summed E-state index contributed by atoms with van der Waals surface area (Å²) in [5.74, 6) is 0.196. The number of hydrogen-bond donors (Lipinski definition) is 1. The van der Waals surface area contributed by atoms with Crippen LogP contribution in [0.3, 0.4) is 0 Å². The predicted molar refractivity (Wildman–Crippen MR) is 55.3 cm³/mol. The molecule has 0 atom stereocenters. The second kappa shape index (κ2) is 4.89. The summed E-state index contributed by atoms with van der Waals surface area (Å²) in [4.78, 5) is 3.52. The van der Waals surface area contributed by atoms with Crippen molar-refractivity contribution in [3.8, 4) is 0 Å². The highest BCUT2D eigenvalue weighted by Crippen LogP contribution is 2.28. The largest absolute Gasteiger partial charge is 0.433 e. The number of hydrazine groups is 1. The van der Waals surface area contributed by atoms with Gasteiger partial charge in [0.05, 0.1) is 13.2 Å². The average molecular weight is 247 g/mol. The fraction of sp³-hybridized carbons (Fsp3) is 0.500. The molecule has 0 radical (unpaired) electrons. The lowest BCUT2D eigenvalue weighted by atomic mass is 10.3. The molecule has 0 bridgehead atoms. The van der Waals surface area contributed by atoms with Gasteiger partial charge in [-0.25, -0.2) is 9.99 Å². The van der Waals surface area contributed by atoms with Crippen molar-refractivity contribution in [1.29, 1.82) is 0 Å². The van der Waals surface area contributed by atoms with E-state index in [1.165, 1.54) is 12.1 Å². The zero-order chi connectivity index (χ0) is 12.3. The molecule has 0 saturated carbocycles. The Labute approximate surface area is 96.4 Å². The van der Waals surface area contributed by atoms with Crippen LogP contribution < -0.4 is 5.43 Å². The van der Waals surface area contributed by atoms with Crippen molar-refractivity contribution in [2.24, 2.45) is 0 Å². The van der Waals surface area contributed by atoms with E-state index in [1.54, 1.807) is 5.01 Å². The molecule has 0 unspecified atom stereocenters. The van der Waals surface area contributed by atoms with Crippen molar-refractivity contribution in [3.63, 3.8) is 0 Å². The molecule has 1 aliphatic heterocycles. The van der Waals surface area contributed by atoms with Crippen LogP contribution in [0.2, 0.25) is 0 Å². The van der Waals surface area contributed by atoms with Gasteiger partial charge in [-0.15, -0.1) is 0 Å². The van der Waals surface area contributed by atoms with E-state index in [1.807, 2.05) is 0 Å². The van der Waals surface area contributed by atoms with E-state index in [-0.39, 0.29) is 5.82 Å². The Hall–Kier alpha value is -1.34. The van der Waals surface area contributed by atoms with Gasteiger partial charge in [0, 0.05) is 13.1 Å². The smallest absolute Gasteiger partial charge is 0.379 e. The Bertz CT molecular complexity index is 377. The van der Waals surface area contributed by atoms with Gasteiger partial charge in [-0.2, -0.15) is 13.2 Å². The molecule has 1 aromatic heterocycles. The van der Waals surface area contributed by atoms with Gasteiger partial charge in [0.25, 0.3) is 0 Å². The van der Waals surface area contributed by atoms with Crippen LogP contribution >= 0.6 is 0 Å². The van der Waals surface area contributed by atoms with E-state index in [4.69, 9.17) is 4.74 Å². The Morgan fingerprint density at radius 3 is 2.59 bits per heavy atom. The first-order valence-electron chi connectivity index (χ1n) is 5.19. The fourth-order valence-electron chi connectivity index (χ4n) is 1.49. The average Bonchev–Trinajstić information content (AvgIpc) is 2.29. The van der Waals surface area contributed by atoms with Crippen molar-refractivity contribution >= 4 is 5.82 Å². The maximum absolute atomic E-state index is 12.4. The number of nitrogens with zero attached hydrogens (tertiary/aromatic N) is 2. The van der Waals surface area contributed by atoms with Crippen LogP contribution in [-0.4, -0.2) is 36.3 Å². The fourth-order valence-corrected chi connectivity index (χ4v) is 1.49. The number of anilines is 1. The lowest BCUT2D eigenvalue weighted by Gasteiger charge is -2.27. The molecule has 4 nitrogen and oxygen atoms in total. The van der Waals surface area contributed by atoms with Crippen LogP contribution in [0.15, 0.2) is 18.2 Å². The molecular formula is C10H12F3N3O. The first-order valence-corrected chi connectivity index (χ1v) is 5.19. The first kappa shape index (κ1) is 12.1. The highest BCUT2D eigenvalue weighted by atomic mass is 19.4. The van der Waals surface area contributed by atoms with Gasteiger partial charge in [0.15, 0.2) is 0 Å². The van der Waals surface area contributed by atoms with Gasteiger partial charge >= 0.3 is 6.18 Å². The normalized spacial score (nSPS) is 18.1. The predicted octanol–water partition coefficient (Wildman–Crippen LogP) is 1.76. The van der Waals surface area contributed by atoms with Gasteiger partial charge in [0.2, 0.25) is 0 Å². The highest BCUT2D eigenvalue weighted by molar-refractivity contribution is 5.34. The molecule has 17 heavy (non-hydrogen) atoms. The Morgan fingerprint density at radius 2 is 1.94 bits per heavy atom. The minimum absolute atomic E-state index is 0.196. The third-order valence-electron chi connectivity index (χ3n) is 2.32. The zero-order valence-electron chi connectivity index (χ0n) is 9.00. The van der Waals surface area contributed by atoms with Gasteiger partial charge in [-0.3, -0.25) is 0 Å². The molecule has 2 rings (SSSR count). The van der Waals surface area contributed by atoms with Crippen LogP contribution in [0.1, 0.15) is 5.69 Å². The van der Waals surface area contributed by atoms with E-state index in [0.717, 1.165) is 6.07 Å². The molecule has 0 amide bonds. The Balaban J connectivity index is 2.05. The summed E-state index contributed by atoms with van der Waals surface area (Å²) in [7, 11) is 0. The minimum atomic E-state index is -4.41. The maximum Gasteiger partial charge on any atom is 0.433 e. The number of pyridine rings is 1. The van der Waals surface area contributed by atoms with Gasteiger partial charge in [-0.05, 0) is 12.1 Å². The van der Waals surface area contributed by atoms with E-state index in [2.05, 4.69) is 10.4 Å². The first-order chi connectivity index (χ1) is 8.05. The van der Waals surface area contributed by atoms with E-state index < -0.39 is 11.9 Å². The van der Waals surface area contributed by atoms with Crippen molar-refractivity contribution < 1.29 is 17.9 Å². The number of nitrogens with one attached hydrogen (secondary N) is 1. The number of halogens is 3. The molecule has 0 aliphatic carbocycles. The van der Waals surface area contributed by atoms with Crippen molar-refractivity contribution in [1.82, 2.24) is 9.99 Å². The number of morpholine rings is 1. The van der Waals surface area contributed by atoms with Crippen molar-refractivity contribution in [2.75, 3.05) is 31.7 Å². The van der Waals surface area contributed by atoms with E-state index in [9.17, 15) is 13.2 Å². The second-order valence-corrected chi connectivity index (χ2v) is 3.62. The molecule has 0 aromatic carbocycles. The SMILES string of the molecule is FC(F)(F)c1cccc(NN2CCOCC2)n1. The summed E-state index contributed by atoms with van der Waals surface area (Å²) in [6.45, 7) is 2.37. The molecule has 2 heterocycles. The number of aromatic nitrogens is 1. The van der Waals surface area contributed by atoms with Crippen LogP contribution in [-0.2, 0) is 10.9 Å². The third kappa shape index (κ3) is 3.31. The number of ether oxygens (including phenoxy) is 1. The molecule has 1 saturated heterocycles. The molecular weight excluding hydrogens is 235 g/mol. The topological polar surface area (TPSA) is 37.4 Å². The Morgan fingerprint density at radius 1 is 1.24 bits per heavy atom. The number of hydrogen-bond acceptors (Lipinski definition) is 4. The number of alkyl halides is 3. The summed E-state index contributed by atoms with van der Waals surface area (Å²) >= 11 is 0. The summed E-state index contributed by atoms with van der Waals surface area (Å²) in [5, 5.41) is 1.78. The minimum Gasteiger partial charge on any atom is -0.379 e. The molecule has 94 valence electrons. The van der Waals surface area contributed by atoms with Gasteiger partial charge in [-0.1, -0.05) is 6.07 Å². The molecule has 0 spiro atoms. The quantitative estimate of drug-likeness (QED) is 0.864. The number of rotatable bonds is 2. The van der Waals surface area contributed by atoms with E-state index >= 15 is 0 Å². The van der Waals surface area contributed by atoms with Gasteiger partial charge in [0.1, 0.15) is 11.5 Å². The van der Waals surface area contributed by atoms with E-state index in [0.29, 0.717) is 26.3 Å². The summed E-state index contributed by atoms with van der Waals surface area (Å²) in [5.41, 5.74) is 1.94. The summed E-state index contributed by atoms with van der Waals surface area (Å²) < 4.78 is 42.4. The van der Waals surface area contributed by atoms with Crippen LogP contribution in [0, 0.1) is 0 Å². The highest BCUT2D eigenvalue weighted by Gasteiger charge is 2.32. The second-order valence-electron chi connectivity index (χ2n) is 3.62. The van der Waals surface area contributed by atoms with Crippen LogP contribution in [0.4, 0.5) is 19.0 Å². The molecule has 1 aliphatic rings. The third-order valence-corrected chi connectivity index (χ3v) is 2.32. The van der Waals surface area contributed by atoms with Crippen molar-refractivity contribution in [2.45, 2.75) is 6.18 Å². The molecule has 1 aromatic rings. The van der Waals surface area contributed by atoms with Gasteiger partial charge < -0.3 is 10.2 Å². The lowest BCUT2D eigenvalue weighted by Crippen LogP contribution is -2.40. The maximum atomic E-state index is 12.4. The summed E-state index contributed by atoms with van der Waals surface area (Å²) in [6.07, 6.45) is -4.41. The zero-order valence-corrected chi connectivity index (χ0v) is 9.00. The summed E-state index contributed by atoms with van der Waals surface area (Å²) in [6, 6.07) is 3.79. The lowest BCUT2D eigenvalue weighted by molar-refractivity contribution is -0.141. The monoisotopic (exact) mass is 247 g/mol. The van der Waals surface area contributed by atoms with Crippen LogP contribution in [0.25, 0.3) is 0 Å². The molecule has 1 fully saturated rings. The van der Waals surface area contributed by atoms with Crippen LogP contribution in [0.5, 0.6) is 0 Å². The molecule has 7 heteroatoms. The molecule has 1 N–H and O–H groups in total.